The van der Waals surface area contributed by atoms with Crippen molar-refractivity contribution < 1.29 is 101 Å². The van der Waals surface area contributed by atoms with Crippen molar-refractivity contribution in [3.63, 3.8) is 0 Å². The number of nitrogens with one attached hydrogen (secondary N) is 4. The molecule has 0 saturated carbocycles. The summed E-state index contributed by atoms with van der Waals surface area (Å²) in [5, 5.41) is 49.8. The SMILES string of the molecule is CC/C=C1\C=C2Cc3cc(CCC)c(C)cc3C(c3ccccc3C(=O)N(C)CCCC(=O)CCCCCCC(=O)NCCCCC(NC(=O)C3CCCN3C(=O)CCSSCCC(=O)CCC#Cc3cn([C@H]4CC(O)[C@@H](COPOPOPO)O4)c4ncnc(N)c34)C(=O)N3CCCC3C(=O)NC(CC(=O)O)C(=O)NC(CC(=O)O)C(=O)O)C2C=C1C. The zero-order valence-corrected chi connectivity index (χ0v) is 74.9. The number of carbonyl (C=O) groups is 12. The van der Waals surface area contributed by atoms with Gasteiger partial charge in [0.05, 0.1) is 36.5 Å². The number of nitrogens with two attached hydrogens (primary N) is 1. The smallest absolute Gasteiger partial charge is 0.326 e. The molecule has 32 nitrogen and oxygen atoms in total. The van der Waals surface area contributed by atoms with Gasteiger partial charge in [0.15, 0.2) is 27.1 Å². The van der Waals surface area contributed by atoms with E-state index in [1.54, 1.807) is 22.7 Å². The molecule has 37 heteroatoms. The Morgan fingerprint density at radius 2 is 1.47 bits per heavy atom. The van der Waals surface area contributed by atoms with Gasteiger partial charge in [-0.25, -0.2) is 14.8 Å². The number of ketones is 2. The highest BCUT2D eigenvalue weighted by atomic mass is 33.1. The number of amides is 7. The number of hydrogen-bond donors (Lipinski definition) is 10. The number of fused-ring (bicyclic) bond motifs is 3. The van der Waals surface area contributed by atoms with E-state index in [-0.39, 0.29) is 162 Å². The third-order valence-electron chi connectivity index (χ3n) is 22.6. The Bertz CT molecular complexity index is 4600. The monoisotopic (exact) mass is 1800 g/mol. The number of anilines is 1. The minimum absolute atomic E-state index is 0.0115. The summed E-state index contributed by atoms with van der Waals surface area (Å²) in [6.07, 6.45) is 16.6. The van der Waals surface area contributed by atoms with Crippen LogP contribution in [0.25, 0.3) is 11.0 Å². The zero-order chi connectivity index (χ0) is 88.7. The summed E-state index contributed by atoms with van der Waals surface area (Å²) in [5.41, 5.74) is 18.0. The number of allylic oxidation sites excluding steroid dienone is 6. The summed E-state index contributed by atoms with van der Waals surface area (Å²) >= 11 is 0. The van der Waals surface area contributed by atoms with Crippen molar-refractivity contribution in [3.8, 4) is 11.8 Å². The van der Waals surface area contributed by atoms with E-state index >= 15 is 0 Å². The number of hydrogen-bond acceptors (Lipinski definition) is 23. The second-order valence-electron chi connectivity index (χ2n) is 31.5. The highest BCUT2D eigenvalue weighted by Crippen LogP contribution is 2.49. The van der Waals surface area contributed by atoms with Gasteiger partial charge in [0, 0.05) is 120 Å². The molecular weight excluding hydrogens is 1680 g/mol. The molecule has 13 atom stereocenters. The molecule has 7 amide bonds. The number of benzene rings is 2. The Morgan fingerprint density at radius 3 is 2.20 bits per heavy atom. The number of ether oxygens (including phenoxy) is 1. The molecule has 668 valence electrons. The highest BCUT2D eigenvalue weighted by Gasteiger charge is 2.44. The van der Waals surface area contributed by atoms with Gasteiger partial charge >= 0.3 is 17.9 Å². The number of aryl methyl sites for hydroxylation is 2. The molecular formula is C86H116N11O21P3S2. The van der Waals surface area contributed by atoms with Crippen LogP contribution in [0.2, 0.25) is 0 Å². The van der Waals surface area contributed by atoms with E-state index in [0.717, 1.165) is 37.7 Å². The van der Waals surface area contributed by atoms with E-state index in [9.17, 15) is 78.0 Å². The summed E-state index contributed by atoms with van der Waals surface area (Å²) in [5.74, 6) is -1.66. The molecule has 2 aliphatic carbocycles. The Labute approximate surface area is 730 Å². The van der Waals surface area contributed by atoms with E-state index in [1.165, 1.54) is 76.7 Å². The van der Waals surface area contributed by atoms with Gasteiger partial charge in [-0.3, -0.25) is 61.4 Å². The molecule has 2 aromatic carbocycles. The van der Waals surface area contributed by atoms with Crippen LogP contribution in [-0.4, -0.2) is 219 Å². The maximum atomic E-state index is 14.8. The number of carboxylic acids is 3. The van der Waals surface area contributed by atoms with Crippen molar-refractivity contribution in [2.75, 3.05) is 57.1 Å². The largest absolute Gasteiger partial charge is 0.481 e. The van der Waals surface area contributed by atoms with Gasteiger partial charge in [0.25, 0.3) is 5.91 Å². The fraction of sp³-hybridized carbons (Fsp3) is 0.558. The number of nitrogens with zero attached hydrogens (tertiary/aromatic N) is 6. The summed E-state index contributed by atoms with van der Waals surface area (Å²) in [7, 11) is 3.15. The van der Waals surface area contributed by atoms with Gasteiger partial charge < -0.3 is 80.8 Å². The lowest BCUT2D eigenvalue weighted by Crippen LogP contribution is -2.58. The Hall–Kier alpha value is -8.57. The van der Waals surface area contributed by atoms with Crippen LogP contribution in [0.3, 0.4) is 0 Å². The fourth-order valence-corrected chi connectivity index (χ4v) is 19.7. The van der Waals surface area contributed by atoms with Crippen molar-refractivity contribution >= 4 is 136 Å². The van der Waals surface area contributed by atoms with E-state index in [1.807, 2.05) is 23.5 Å². The lowest BCUT2D eigenvalue weighted by Gasteiger charge is -2.39. The van der Waals surface area contributed by atoms with Gasteiger partial charge in [-0.15, -0.1) is 0 Å². The van der Waals surface area contributed by atoms with Gasteiger partial charge in [0.2, 0.25) is 35.4 Å². The first-order valence-corrected chi connectivity index (χ1v) is 47.2. The van der Waals surface area contributed by atoms with Crippen molar-refractivity contribution in [3.05, 3.63) is 123 Å². The number of likely N-dealkylation sites (tertiary alicyclic amines) is 2. The molecule has 3 saturated heterocycles. The first kappa shape index (κ1) is 98.2. The molecule has 3 aliphatic heterocycles. The van der Waals surface area contributed by atoms with Gasteiger partial charge in [-0.2, -0.15) is 0 Å². The minimum Gasteiger partial charge on any atom is -0.481 e. The van der Waals surface area contributed by atoms with Gasteiger partial charge in [-0.1, -0.05) is 121 Å². The quantitative estimate of drug-likeness (QED) is 0.00850. The van der Waals surface area contributed by atoms with Crippen LogP contribution in [0.1, 0.15) is 231 Å². The number of carbonyl (C=O) groups excluding carboxylic acids is 9. The van der Waals surface area contributed by atoms with Crippen LogP contribution in [-0.2, 0) is 83.5 Å². The number of unbranched alkanes of at least 4 members (excludes halogenated alkanes) is 4. The second-order valence-corrected chi connectivity index (χ2v) is 36.6. The number of rotatable bonds is 50. The maximum Gasteiger partial charge on any atom is 0.326 e. The number of aliphatic carboxylic acids is 3. The standard InChI is InChI=1S/C86H116N11O21P3S2/c1-6-21-54-43-57-45-58-44-55(22-7-2)53(4)42-64(58)78(63(57)41-52(54)3)61-27-14-15-28-62(61)84(110)94(5)36-18-26-59(98)24-10-8-9-11-32-72(101)88-35-17-16-29-65(85(111)96-38-20-31-69(96)83(109)92-66(46-75(103)104)81(107)93-67(86(112)113)47-76(105)106)91-82(108)68-30-19-37-95(68)73(102)34-40-123-122-39-33-60(99)25-13-12-23-56-49-97(80-77(56)79(87)89-51-90-80)74-48-70(100)71(116-74)50-115-120-118-121-117-119-114/h14-15,21,27-28,41-44,49,51,63,65-71,74,78,100,114,119-121H,6-11,13,16-20,22,24-26,29-40,45-48,50H2,1-5H3,(H,88,101)(H,91,108)(H,92,109)(H,93,107)(H,103,104)(H,105,106)(H,112,113)(H2,87,89,90)/b54-21+/t63?,65?,66?,67?,68?,69?,70?,71-,74-,78?/m1/s1. The first-order valence-electron chi connectivity index (χ1n) is 42.2. The molecule has 9 rings (SSSR count). The molecule has 11 N–H and O–H groups in total. The Kier molecular flexibility index (Phi) is 39.9. The summed E-state index contributed by atoms with van der Waals surface area (Å²) in [6, 6.07) is 5.39. The second kappa shape index (κ2) is 49.9. The van der Waals surface area contributed by atoms with Gasteiger partial charge in [-0.05, 0) is 142 Å². The Balaban J connectivity index is 0.714. The normalized spacial score (nSPS) is 19.8. The van der Waals surface area contributed by atoms with Crippen LogP contribution in [0.4, 0.5) is 5.82 Å². The molecule has 3 fully saturated rings. The van der Waals surface area contributed by atoms with E-state index in [2.05, 4.69) is 102 Å². The molecule has 5 heterocycles. The van der Waals surface area contributed by atoms with E-state index < -0.39 is 112 Å². The maximum absolute atomic E-state index is 14.8. The molecule has 0 bridgehead atoms. The van der Waals surface area contributed by atoms with Crippen LogP contribution in [0, 0.1) is 24.7 Å². The lowest BCUT2D eigenvalue weighted by molar-refractivity contribution is -0.148. The molecule has 2 aromatic heterocycles. The topological polar surface area (TPSA) is 457 Å². The minimum atomic E-state index is -1.97. The molecule has 5 aliphatic rings. The molecule has 123 heavy (non-hydrogen) atoms. The van der Waals surface area contributed by atoms with Crippen LogP contribution in [0.5, 0.6) is 0 Å². The fourth-order valence-electron chi connectivity index (χ4n) is 16.4. The summed E-state index contributed by atoms with van der Waals surface area (Å²) in [6.45, 7) is 9.69. The number of Topliss-reactive ketones (excluding diaryl/α,β-unsaturated/α-hetero) is 2. The number of aliphatic hydroxyl groups excluding tert-OH is 1. The number of aromatic nitrogens is 3. The zero-order valence-electron chi connectivity index (χ0n) is 70.3. The molecule has 4 aromatic rings. The predicted molar refractivity (Wildman–Crippen MR) is 471 cm³/mol. The average Bonchev–Trinajstić information content (AvgIpc) is 1.41. The van der Waals surface area contributed by atoms with Crippen LogP contribution >= 0.6 is 48.7 Å². The van der Waals surface area contributed by atoms with Crippen molar-refractivity contribution in [2.45, 2.75) is 249 Å². The number of aliphatic hydroxyl groups is 1. The van der Waals surface area contributed by atoms with Crippen molar-refractivity contribution in [1.29, 1.82) is 0 Å². The van der Waals surface area contributed by atoms with E-state index in [0.29, 0.717) is 91.6 Å². The summed E-state index contributed by atoms with van der Waals surface area (Å²) in [4.78, 5) is 181. The third kappa shape index (κ3) is 28.7. The van der Waals surface area contributed by atoms with E-state index in [4.69, 9.17) is 28.5 Å². The van der Waals surface area contributed by atoms with Crippen molar-refractivity contribution in [2.24, 2.45) is 5.92 Å². The summed E-state index contributed by atoms with van der Waals surface area (Å²) < 4.78 is 23.3. The molecule has 0 spiro atoms. The third-order valence-corrected chi connectivity index (χ3v) is 26.7. The van der Waals surface area contributed by atoms with Crippen LogP contribution in [0.15, 0.2) is 83.9 Å². The number of carboxylic acid groups (broad SMARTS) is 3. The predicted octanol–water partition coefficient (Wildman–Crippen LogP) is 10.1. The lowest BCUT2D eigenvalue weighted by atomic mass is 9.65. The first-order chi connectivity index (χ1) is 59.2. The van der Waals surface area contributed by atoms with Crippen LogP contribution < -0.4 is 27.0 Å². The van der Waals surface area contributed by atoms with Gasteiger partial charge in [0.1, 0.15) is 71.9 Å². The molecule has 0 radical (unpaired) electrons. The number of nitrogen functional groups attached to an aromatic ring is 1. The average molecular weight is 1800 g/mol. The Morgan fingerprint density at radius 1 is 0.780 bits per heavy atom. The molecule has 11 unspecified atom stereocenters. The highest BCUT2D eigenvalue weighted by molar-refractivity contribution is 8.76. The van der Waals surface area contributed by atoms with Crippen molar-refractivity contribution in [1.82, 2.24) is 50.5 Å².